The summed E-state index contributed by atoms with van der Waals surface area (Å²) in [5, 5.41) is 5.35. The van der Waals surface area contributed by atoms with Gasteiger partial charge in [0, 0.05) is 0 Å². The van der Waals surface area contributed by atoms with E-state index in [0.29, 0.717) is 6.42 Å². The number of alkyl halides is 2. The Balaban J connectivity index is 2.25. The van der Waals surface area contributed by atoms with Crippen LogP contribution in [0.3, 0.4) is 0 Å². The van der Waals surface area contributed by atoms with Crippen LogP contribution in [0.15, 0.2) is 12.3 Å². The Bertz CT molecular complexity index is 661. The molecule has 1 aliphatic rings. The molecular formula is C17H20F3N3O. The fourth-order valence-corrected chi connectivity index (χ4v) is 2.51. The lowest BCUT2D eigenvalue weighted by Gasteiger charge is -2.24. The first-order chi connectivity index (χ1) is 11.3. The highest BCUT2D eigenvalue weighted by Gasteiger charge is 2.37. The molecule has 1 saturated carbocycles. The molecule has 1 aromatic rings. The first-order valence-electron chi connectivity index (χ1n) is 7.80. The summed E-state index contributed by atoms with van der Waals surface area (Å²) in [5.74, 6) is 1.14. The van der Waals surface area contributed by atoms with Crippen molar-refractivity contribution in [1.82, 2.24) is 10.3 Å². The average molecular weight is 339 g/mol. The van der Waals surface area contributed by atoms with Gasteiger partial charge in [-0.15, -0.1) is 6.42 Å². The van der Waals surface area contributed by atoms with Crippen molar-refractivity contribution in [1.29, 1.82) is 0 Å². The second kappa shape index (κ2) is 7.12. The third-order valence-corrected chi connectivity index (χ3v) is 4.32. The molecule has 4 atom stereocenters. The molecule has 1 heterocycles. The van der Waals surface area contributed by atoms with Gasteiger partial charge in [0.2, 0.25) is 0 Å². The zero-order chi connectivity index (χ0) is 17.9. The number of rotatable bonds is 5. The van der Waals surface area contributed by atoms with E-state index in [0.717, 1.165) is 12.3 Å². The predicted molar refractivity (Wildman–Crippen MR) is 85.6 cm³/mol. The zero-order valence-electron chi connectivity index (χ0n) is 13.6. The van der Waals surface area contributed by atoms with E-state index in [1.165, 1.54) is 0 Å². The van der Waals surface area contributed by atoms with E-state index < -0.39 is 35.6 Å². The Hall–Kier alpha value is -2.23. The van der Waals surface area contributed by atoms with Gasteiger partial charge in [0.1, 0.15) is 17.8 Å². The zero-order valence-corrected chi connectivity index (χ0v) is 13.6. The molecule has 2 N–H and O–H groups in total. The van der Waals surface area contributed by atoms with Crippen molar-refractivity contribution in [3.8, 4) is 12.3 Å². The number of halogens is 3. The van der Waals surface area contributed by atoms with E-state index in [2.05, 4.69) is 21.5 Å². The first-order valence-corrected chi connectivity index (χ1v) is 7.80. The van der Waals surface area contributed by atoms with Gasteiger partial charge in [-0.05, 0) is 32.3 Å². The average Bonchev–Trinajstić information content (AvgIpc) is 2.88. The van der Waals surface area contributed by atoms with Crippen molar-refractivity contribution in [2.45, 2.75) is 57.0 Å². The Morgan fingerprint density at radius 2 is 2.21 bits per heavy atom. The highest BCUT2D eigenvalue weighted by molar-refractivity contribution is 5.99. The number of anilines is 1. The molecule has 0 aromatic carbocycles. The van der Waals surface area contributed by atoms with Crippen LogP contribution in [0, 0.1) is 18.2 Å². The van der Waals surface area contributed by atoms with Crippen LogP contribution in [0.25, 0.3) is 0 Å². The lowest BCUT2D eigenvalue weighted by molar-refractivity contribution is 0.0923. The summed E-state index contributed by atoms with van der Waals surface area (Å²) in [5.41, 5.74) is -1.000. The van der Waals surface area contributed by atoms with Crippen LogP contribution in [-0.2, 0) is 0 Å². The highest BCUT2D eigenvalue weighted by Crippen LogP contribution is 2.29. The monoisotopic (exact) mass is 339 g/mol. The van der Waals surface area contributed by atoms with E-state index in [1.54, 1.807) is 13.8 Å². The number of amides is 1. The van der Waals surface area contributed by atoms with Gasteiger partial charge in [0.05, 0.1) is 23.3 Å². The Morgan fingerprint density at radius 1 is 1.50 bits per heavy atom. The highest BCUT2D eigenvalue weighted by atomic mass is 19.2. The molecule has 1 aliphatic carbocycles. The predicted octanol–water partition coefficient (Wildman–Crippen LogP) is 3.00. The number of hydrogen-bond donors (Lipinski definition) is 2. The van der Waals surface area contributed by atoms with Crippen molar-refractivity contribution in [3.63, 3.8) is 0 Å². The summed E-state index contributed by atoms with van der Waals surface area (Å²) in [6, 6.07) is 0.182. The first kappa shape index (κ1) is 18.1. The van der Waals surface area contributed by atoms with Gasteiger partial charge in [0.15, 0.2) is 6.17 Å². The van der Waals surface area contributed by atoms with Crippen molar-refractivity contribution in [3.05, 3.63) is 23.6 Å². The minimum Gasteiger partial charge on any atom is -0.364 e. The molecule has 0 saturated heterocycles. The van der Waals surface area contributed by atoms with Gasteiger partial charge in [0.25, 0.3) is 5.91 Å². The van der Waals surface area contributed by atoms with E-state index in [-0.39, 0.29) is 24.2 Å². The van der Waals surface area contributed by atoms with E-state index in [1.807, 2.05) is 0 Å². The smallest absolute Gasteiger partial charge is 0.256 e. The maximum absolute atomic E-state index is 13.8. The maximum atomic E-state index is 13.8. The SMILES string of the molecule is C#CC(C)(CC)NC(=O)c1cc(F)cnc1NC1CCC(F)C1F. The summed E-state index contributed by atoms with van der Waals surface area (Å²) < 4.78 is 40.6. The van der Waals surface area contributed by atoms with E-state index in [4.69, 9.17) is 6.42 Å². The van der Waals surface area contributed by atoms with Crippen LogP contribution in [0.4, 0.5) is 19.0 Å². The second-order valence-corrected chi connectivity index (χ2v) is 6.12. The molecule has 4 unspecified atom stereocenters. The largest absolute Gasteiger partial charge is 0.364 e. The van der Waals surface area contributed by atoms with Crippen molar-refractivity contribution in [2.75, 3.05) is 5.32 Å². The summed E-state index contributed by atoms with van der Waals surface area (Å²) in [7, 11) is 0. The molecule has 24 heavy (non-hydrogen) atoms. The Kier molecular flexibility index (Phi) is 5.37. The quantitative estimate of drug-likeness (QED) is 0.811. The molecule has 0 radical (unpaired) electrons. The number of nitrogens with one attached hydrogen (secondary N) is 2. The van der Waals surface area contributed by atoms with Crippen LogP contribution in [-0.4, -0.2) is 34.8 Å². The second-order valence-electron chi connectivity index (χ2n) is 6.12. The standard InChI is InChI=1S/C17H20F3N3O/c1-4-17(3,5-2)23-16(24)11-8-10(18)9-21-15(11)22-13-7-6-12(19)14(13)20/h1,8-9,12-14H,5-7H2,2-3H3,(H,21,22)(H,23,24). The van der Waals surface area contributed by atoms with Crippen LogP contribution in [0.2, 0.25) is 0 Å². The minimum absolute atomic E-state index is 0.00567. The van der Waals surface area contributed by atoms with Crippen molar-refractivity contribution < 1.29 is 18.0 Å². The van der Waals surface area contributed by atoms with Gasteiger partial charge in [-0.3, -0.25) is 4.79 Å². The lowest BCUT2D eigenvalue weighted by Crippen LogP contribution is -2.44. The van der Waals surface area contributed by atoms with Crippen molar-refractivity contribution >= 4 is 11.7 Å². The molecule has 7 heteroatoms. The number of pyridine rings is 1. The van der Waals surface area contributed by atoms with Gasteiger partial charge in [-0.2, -0.15) is 0 Å². The van der Waals surface area contributed by atoms with Gasteiger partial charge < -0.3 is 10.6 Å². The van der Waals surface area contributed by atoms with Gasteiger partial charge in [-0.25, -0.2) is 18.2 Å². The van der Waals surface area contributed by atoms with Crippen molar-refractivity contribution in [2.24, 2.45) is 0 Å². The van der Waals surface area contributed by atoms with Crippen LogP contribution in [0.1, 0.15) is 43.5 Å². The summed E-state index contributed by atoms with van der Waals surface area (Å²) in [4.78, 5) is 16.3. The molecule has 2 rings (SSSR count). The van der Waals surface area contributed by atoms with E-state index in [9.17, 15) is 18.0 Å². The summed E-state index contributed by atoms with van der Waals surface area (Å²) >= 11 is 0. The van der Waals surface area contributed by atoms with Crippen LogP contribution >= 0.6 is 0 Å². The fraction of sp³-hybridized carbons (Fsp3) is 0.529. The van der Waals surface area contributed by atoms with Crippen LogP contribution < -0.4 is 10.6 Å². The lowest BCUT2D eigenvalue weighted by atomic mass is 9.99. The molecule has 1 amide bonds. The molecule has 4 nitrogen and oxygen atoms in total. The number of hydrogen-bond acceptors (Lipinski definition) is 3. The minimum atomic E-state index is -1.70. The normalized spacial score (nSPS) is 25.6. The number of nitrogens with zero attached hydrogens (tertiary/aromatic N) is 1. The van der Waals surface area contributed by atoms with E-state index >= 15 is 0 Å². The molecule has 0 bridgehead atoms. The number of terminal acetylenes is 1. The molecule has 0 spiro atoms. The molecule has 130 valence electrons. The van der Waals surface area contributed by atoms with Gasteiger partial charge in [-0.1, -0.05) is 12.8 Å². The molecule has 1 fully saturated rings. The van der Waals surface area contributed by atoms with Gasteiger partial charge >= 0.3 is 0 Å². The molecule has 0 aliphatic heterocycles. The Labute approximate surface area is 139 Å². The summed E-state index contributed by atoms with van der Waals surface area (Å²) in [6.45, 7) is 3.46. The maximum Gasteiger partial charge on any atom is 0.256 e. The summed E-state index contributed by atoms with van der Waals surface area (Å²) in [6.07, 6.45) is 3.91. The fourth-order valence-electron chi connectivity index (χ4n) is 2.51. The topological polar surface area (TPSA) is 54.0 Å². The number of aromatic nitrogens is 1. The molecule has 1 aromatic heterocycles. The number of carbonyl (C=O) groups is 1. The third kappa shape index (κ3) is 3.81. The molecular weight excluding hydrogens is 319 g/mol. The number of carbonyl (C=O) groups excluding carboxylic acids is 1. The third-order valence-electron chi connectivity index (χ3n) is 4.32. The Morgan fingerprint density at radius 3 is 2.75 bits per heavy atom. The van der Waals surface area contributed by atoms with Crippen LogP contribution in [0.5, 0.6) is 0 Å².